The highest BCUT2D eigenvalue weighted by Crippen LogP contribution is 1.99. The zero-order valence-corrected chi connectivity index (χ0v) is 7.60. The summed E-state index contributed by atoms with van der Waals surface area (Å²) in [5.41, 5.74) is 0.847. The molecule has 0 radical (unpaired) electrons. The van der Waals surface area contributed by atoms with Gasteiger partial charge in [-0.05, 0) is 30.8 Å². The Hall–Kier alpha value is -1.33. The third kappa shape index (κ3) is 3.73. The van der Waals surface area contributed by atoms with Gasteiger partial charge in [0.2, 0.25) is 0 Å². The molecule has 0 saturated heterocycles. The molecule has 1 nitrogen and oxygen atoms in total. The van der Waals surface area contributed by atoms with E-state index in [4.69, 9.17) is 0 Å². The van der Waals surface area contributed by atoms with Crippen molar-refractivity contribution >= 4 is 0 Å². The Morgan fingerprint density at radius 2 is 2.00 bits per heavy atom. The molecule has 0 aliphatic rings. The molecule has 2 heteroatoms. The lowest BCUT2D eigenvalue weighted by Gasteiger charge is -1.91. The molecule has 0 unspecified atom stereocenters. The van der Waals surface area contributed by atoms with Crippen LogP contribution in [0.2, 0.25) is 0 Å². The van der Waals surface area contributed by atoms with Gasteiger partial charge in [-0.15, -0.1) is 0 Å². The van der Waals surface area contributed by atoms with E-state index in [0.717, 1.165) is 12.1 Å². The summed E-state index contributed by atoms with van der Waals surface area (Å²) >= 11 is 0. The number of halogens is 1. The van der Waals surface area contributed by atoms with Gasteiger partial charge in [-0.25, -0.2) is 4.39 Å². The van der Waals surface area contributed by atoms with Crippen molar-refractivity contribution in [3.63, 3.8) is 0 Å². The van der Waals surface area contributed by atoms with E-state index >= 15 is 0 Å². The lowest BCUT2D eigenvalue weighted by Crippen LogP contribution is -2.11. The molecule has 0 amide bonds. The first-order chi connectivity index (χ1) is 6.33. The van der Waals surface area contributed by atoms with Gasteiger partial charge in [-0.2, -0.15) is 0 Å². The molecule has 0 fully saturated rings. The topological polar surface area (TPSA) is 12.0 Å². The fourth-order valence-electron chi connectivity index (χ4n) is 0.867. The van der Waals surface area contributed by atoms with Crippen LogP contribution < -0.4 is 5.32 Å². The molecule has 68 valence electrons. The number of rotatable bonds is 2. The first-order valence-electron chi connectivity index (χ1n) is 4.28. The third-order valence-corrected chi connectivity index (χ3v) is 1.54. The molecule has 13 heavy (non-hydrogen) atoms. The van der Waals surface area contributed by atoms with Gasteiger partial charge in [0.15, 0.2) is 0 Å². The average Bonchev–Trinajstić information content (AvgIpc) is 2.15. The van der Waals surface area contributed by atoms with Gasteiger partial charge in [0, 0.05) is 5.56 Å². The van der Waals surface area contributed by atoms with Gasteiger partial charge >= 0.3 is 0 Å². The monoisotopic (exact) mass is 177 g/mol. The molecule has 0 heterocycles. The van der Waals surface area contributed by atoms with E-state index in [1.807, 2.05) is 6.92 Å². The highest BCUT2D eigenvalue weighted by atomic mass is 19.1. The van der Waals surface area contributed by atoms with Gasteiger partial charge < -0.3 is 5.32 Å². The summed E-state index contributed by atoms with van der Waals surface area (Å²) in [7, 11) is 0. The Kier molecular flexibility index (Phi) is 4.01. The first-order valence-corrected chi connectivity index (χ1v) is 4.28. The second-order valence-corrected chi connectivity index (χ2v) is 2.59. The number of hydrogen-bond acceptors (Lipinski definition) is 1. The van der Waals surface area contributed by atoms with Crippen molar-refractivity contribution in [1.82, 2.24) is 5.32 Å². The summed E-state index contributed by atoms with van der Waals surface area (Å²) in [5, 5.41) is 3.08. The highest BCUT2D eigenvalue weighted by molar-refractivity contribution is 5.34. The fourth-order valence-corrected chi connectivity index (χ4v) is 0.867. The molecule has 1 rings (SSSR count). The Morgan fingerprint density at radius 3 is 2.62 bits per heavy atom. The van der Waals surface area contributed by atoms with Crippen LogP contribution in [0.3, 0.4) is 0 Å². The summed E-state index contributed by atoms with van der Waals surface area (Å²) in [6, 6.07) is 6.18. The van der Waals surface area contributed by atoms with Crippen LogP contribution in [0, 0.1) is 17.7 Å². The van der Waals surface area contributed by atoms with E-state index in [2.05, 4.69) is 17.2 Å². The van der Waals surface area contributed by atoms with E-state index in [1.165, 1.54) is 12.1 Å². The SMILES string of the molecule is CCNCC#Cc1ccc(F)cc1. The van der Waals surface area contributed by atoms with E-state index in [1.54, 1.807) is 12.1 Å². The largest absolute Gasteiger partial charge is 0.306 e. The van der Waals surface area contributed by atoms with Crippen LogP contribution in [0.4, 0.5) is 4.39 Å². The van der Waals surface area contributed by atoms with Gasteiger partial charge in [0.05, 0.1) is 6.54 Å². The van der Waals surface area contributed by atoms with Crippen LogP contribution in [0.15, 0.2) is 24.3 Å². The van der Waals surface area contributed by atoms with Gasteiger partial charge in [0.1, 0.15) is 5.82 Å². The summed E-state index contributed by atoms with van der Waals surface area (Å²) in [5.74, 6) is 5.64. The average molecular weight is 177 g/mol. The van der Waals surface area contributed by atoms with Crippen molar-refractivity contribution in [1.29, 1.82) is 0 Å². The van der Waals surface area contributed by atoms with Crippen molar-refractivity contribution in [2.45, 2.75) is 6.92 Å². The molecule has 0 spiro atoms. The summed E-state index contributed by atoms with van der Waals surface area (Å²) in [6.07, 6.45) is 0. The van der Waals surface area contributed by atoms with Crippen LogP contribution in [0.1, 0.15) is 12.5 Å². The first kappa shape index (κ1) is 9.76. The number of hydrogen-bond donors (Lipinski definition) is 1. The Morgan fingerprint density at radius 1 is 1.31 bits per heavy atom. The van der Waals surface area contributed by atoms with Crippen molar-refractivity contribution in [2.24, 2.45) is 0 Å². The van der Waals surface area contributed by atoms with Crippen LogP contribution in [0.5, 0.6) is 0 Å². The molecule has 0 aromatic heterocycles. The van der Waals surface area contributed by atoms with Crippen molar-refractivity contribution in [2.75, 3.05) is 13.1 Å². The lowest BCUT2D eigenvalue weighted by atomic mass is 10.2. The molecule has 1 aromatic rings. The zero-order chi connectivity index (χ0) is 9.52. The third-order valence-electron chi connectivity index (χ3n) is 1.54. The maximum atomic E-state index is 12.5. The predicted octanol–water partition coefficient (Wildman–Crippen LogP) is 1.79. The molecule has 1 aromatic carbocycles. The quantitative estimate of drug-likeness (QED) is 0.536. The molecule has 0 saturated carbocycles. The molecule has 0 bridgehead atoms. The molecular formula is C11H12FN. The molecular weight excluding hydrogens is 165 g/mol. The van der Waals surface area contributed by atoms with Gasteiger partial charge in [0.25, 0.3) is 0 Å². The normalized spacial score (nSPS) is 9.08. The number of nitrogens with one attached hydrogen (secondary N) is 1. The highest BCUT2D eigenvalue weighted by Gasteiger charge is 1.87. The van der Waals surface area contributed by atoms with Crippen molar-refractivity contribution in [3.05, 3.63) is 35.6 Å². The van der Waals surface area contributed by atoms with Crippen LogP contribution in [-0.4, -0.2) is 13.1 Å². The Balaban J connectivity index is 2.52. The van der Waals surface area contributed by atoms with Gasteiger partial charge in [-0.3, -0.25) is 0 Å². The number of benzene rings is 1. The summed E-state index contributed by atoms with van der Waals surface area (Å²) in [6.45, 7) is 3.62. The molecule has 0 aliphatic carbocycles. The van der Waals surface area contributed by atoms with Crippen LogP contribution in [0.25, 0.3) is 0 Å². The van der Waals surface area contributed by atoms with Crippen molar-refractivity contribution < 1.29 is 4.39 Å². The van der Waals surface area contributed by atoms with Crippen LogP contribution >= 0.6 is 0 Å². The molecule has 0 aliphatic heterocycles. The summed E-state index contributed by atoms with van der Waals surface area (Å²) in [4.78, 5) is 0. The Labute approximate surface area is 78.0 Å². The van der Waals surface area contributed by atoms with Gasteiger partial charge in [-0.1, -0.05) is 18.8 Å². The predicted molar refractivity (Wildman–Crippen MR) is 51.8 cm³/mol. The summed E-state index contributed by atoms with van der Waals surface area (Å²) < 4.78 is 12.5. The second kappa shape index (κ2) is 5.34. The fraction of sp³-hybridized carbons (Fsp3) is 0.273. The van der Waals surface area contributed by atoms with E-state index in [0.29, 0.717) is 6.54 Å². The second-order valence-electron chi connectivity index (χ2n) is 2.59. The smallest absolute Gasteiger partial charge is 0.123 e. The van der Waals surface area contributed by atoms with Crippen molar-refractivity contribution in [3.8, 4) is 11.8 Å². The lowest BCUT2D eigenvalue weighted by molar-refractivity contribution is 0.627. The maximum absolute atomic E-state index is 12.5. The minimum Gasteiger partial charge on any atom is -0.306 e. The molecule has 0 atom stereocenters. The van der Waals surface area contributed by atoms with E-state index in [-0.39, 0.29) is 5.82 Å². The minimum absolute atomic E-state index is 0.225. The molecule has 1 N–H and O–H groups in total. The minimum atomic E-state index is -0.225. The van der Waals surface area contributed by atoms with E-state index < -0.39 is 0 Å². The van der Waals surface area contributed by atoms with Crippen LogP contribution in [-0.2, 0) is 0 Å². The van der Waals surface area contributed by atoms with E-state index in [9.17, 15) is 4.39 Å². The zero-order valence-electron chi connectivity index (χ0n) is 7.60. The Bertz CT molecular complexity index is 305. The standard InChI is InChI=1S/C11H12FN/c1-2-13-9-3-4-10-5-7-11(12)8-6-10/h5-8,13H,2,9H2,1H3. The maximum Gasteiger partial charge on any atom is 0.123 e.